The number of nitrogens with zero attached hydrogens (tertiary/aromatic N) is 1. The third-order valence-corrected chi connectivity index (χ3v) is 2.77. The number of methoxy groups -OCH3 is 1. The second-order valence-corrected chi connectivity index (χ2v) is 4.75. The molecule has 0 fully saturated rings. The van der Waals surface area contributed by atoms with Crippen LogP contribution in [0.2, 0.25) is 5.02 Å². The van der Waals surface area contributed by atoms with Gasteiger partial charge in [-0.15, -0.1) is 0 Å². The highest BCUT2D eigenvalue weighted by Crippen LogP contribution is 2.15. The molecule has 0 N–H and O–H groups in total. The van der Waals surface area contributed by atoms with Gasteiger partial charge in [-0.1, -0.05) is 23.7 Å². The van der Waals surface area contributed by atoms with E-state index in [-0.39, 0.29) is 11.9 Å². The Kier molecular flexibility index (Phi) is 5.45. The highest BCUT2D eigenvalue weighted by molar-refractivity contribution is 6.30. The lowest BCUT2D eigenvalue weighted by atomic mass is 9.99. The topological polar surface area (TPSA) is 29.5 Å². The number of halogens is 1. The monoisotopic (exact) mass is 255 g/mol. The van der Waals surface area contributed by atoms with Gasteiger partial charge in [0.15, 0.2) is 0 Å². The van der Waals surface area contributed by atoms with Crippen LogP contribution in [0, 0.1) is 5.92 Å². The van der Waals surface area contributed by atoms with Gasteiger partial charge in [-0.05, 0) is 38.2 Å². The molecule has 3 nitrogen and oxygen atoms in total. The van der Waals surface area contributed by atoms with Gasteiger partial charge in [-0.3, -0.25) is 4.79 Å². The van der Waals surface area contributed by atoms with Crippen LogP contribution in [-0.4, -0.2) is 38.6 Å². The maximum atomic E-state index is 11.6. The lowest BCUT2D eigenvalue weighted by Crippen LogP contribution is -2.30. The van der Waals surface area contributed by atoms with E-state index in [9.17, 15) is 4.79 Å². The summed E-state index contributed by atoms with van der Waals surface area (Å²) in [6.45, 7) is 0.676. The van der Waals surface area contributed by atoms with E-state index in [4.69, 9.17) is 16.3 Å². The Hall–Kier alpha value is -1.06. The minimum atomic E-state index is -0.173. The van der Waals surface area contributed by atoms with Crippen molar-refractivity contribution in [2.45, 2.75) is 6.42 Å². The van der Waals surface area contributed by atoms with Crippen LogP contribution in [0.3, 0.4) is 0 Å². The minimum Gasteiger partial charge on any atom is -0.469 e. The second-order valence-electron chi connectivity index (χ2n) is 4.31. The molecule has 0 saturated heterocycles. The predicted molar refractivity (Wildman–Crippen MR) is 69.2 cm³/mol. The fourth-order valence-electron chi connectivity index (χ4n) is 1.73. The van der Waals surface area contributed by atoms with Crippen molar-refractivity contribution in [3.63, 3.8) is 0 Å². The van der Waals surface area contributed by atoms with Gasteiger partial charge in [-0.25, -0.2) is 0 Å². The average Bonchev–Trinajstić information content (AvgIpc) is 2.29. The minimum absolute atomic E-state index is 0.142. The molecule has 1 unspecified atom stereocenters. The van der Waals surface area contributed by atoms with Gasteiger partial charge in [-0.2, -0.15) is 0 Å². The molecule has 1 atom stereocenters. The molecular formula is C13H18ClNO2. The Morgan fingerprint density at radius 2 is 1.94 bits per heavy atom. The van der Waals surface area contributed by atoms with E-state index >= 15 is 0 Å². The van der Waals surface area contributed by atoms with Gasteiger partial charge >= 0.3 is 5.97 Å². The normalized spacial score (nSPS) is 12.5. The number of rotatable bonds is 5. The van der Waals surface area contributed by atoms with E-state index in [1.54, 1.807) is 0 Å². The summed E-state index contributed by atoms with van der Waals surface area (Å²) in [6.07, 6.45) is 0.669. The summed E-state index contributed by atoms with van der Waals surface area (Å²) in [5.41, 5.74) is 1.09. The van der Waals surface area contributed by atoms with E-state index < -0.39 is 0 Å². The Labute approximate surface area is 107 Å². The summed E-state index contributed by atoms with van der Waals surface area (Å²) in [5, 5.41) is 0.705. The zero-order chi connectivity index (χ0) is 12.8. The van der Waals surface area contributed by atoms with Gasteiger partial charge in [0.25, 0.3) is 0 Å². The van der Waals surface area contributed by atoms with Crippen molar-refractivity contribution in [2.75, 3.05) is 27.7 Å². The lowest BCUT2D eigenvalue weighted by Gasteiger charge is -2.18. The van der Waals surface area contributed by atoms with E-state index in [0.717, 1.165) is 5.56 Å². The average molecular weight is 256 g/mol. The standard InChI is InChI=1S/C13H18ClNO2/c1-15(2)9-11(13(16)17-3)8-10-4-6-12(14)7-5-10/h4-7,11H,8-9H2,1-3H3. The molecule has 0 aliphatic carbocycles. The molecule has 0 amide bonds. The van der Waals surface area contributed by atoms with Crippen LogP contribution in [0.4, 0.5) is 0 Å². The smallest absolute Gasteiger partial charge is 0.310 e. The molecule has 0 radical (unpaired) electrons. The van der Waals surface area contributed by atoms with Crippen LogP contribution in [0.1, 0.15) is 5.56 Å². The maximum absolute atomic E-state index is 11.6. The Morgan fingerprint density at radius 1 is 1.35 bits per heavy atom. The summed E-state index contributed by atoms with van der Waals surface area (Å²) < 4.78 is 4.82. The van der Waals surface area contributed by atoms with Crippen molar-refractivity contribution in [1.29, 1.82) is 0 Å². The quantitative estimate of drug-likeness (QED) is 0.756. The zero-order valence-corrected chi connectivity index (χ0v) is 11.2. The summed E-state index contributed by atoms with van der Waals surface area (Å²) in [6, 6.07) is 7.55. The van der Waals surface area contributed by atoms with E-state index in [2.05, 4.69) is 0 Å². The molecule has 0 spiro atoms. The number of esters is 1. The van der Waals surface area contributed by atoms with Gasteiger partial charge in [0, 0.05) is 11.6 Å². The predicted octanol–water partition coefficient (Wildman–Crippen LogP) is 2.23. The SMILES string of the molecule is COC(=O)C(Cc1ccc(Cl)cc1)CN(C)C. The molecule has 1 aromatic rings. The van der Waals surface area contributed by atoms with Gasteiger partial charge in [0.05, 0.1) is 13.0 Å². The first kappa shape index (κ1) is 14.0. The zero-order valence-electron chi connectivity index (χ0n) is 10.4. The van der Waals surface area contributed by atoms with E-state index in [0.29, 0.717) is 18.0 Å². The highest BCUT2D eigenvalue weighted by atomic mass is 35.5. The van der Waals surface area contributed by atoms with Crippen LogP contribution in [0.25, 0.3) is 0 Å². The lowest BCUT2D eigenvalue weighted by molar-refractivity contribution is -0.145. The van der Waals surface area contributed by atoms with Gasteiger partial charge in [0.2, 0.25) is 0 Å². The summed E-state index contributed by atoms with van der Waals surface area (Å²) >= 11 is 5.82. The van der Waals surface area contributed by atoms with Crippen molar-refractivity contribution in [3.05, 3.63) is 34.9 Å². The third kappa shape index (κ3) is 4.75. The number of carbonyl (C=O) groups excluding carboxylic acids is 1. The molecule has 4 heteroatoms. The van der Waals surface area contributed by atoms with Crippen molar-refractivity contribution >= 4 is 17.6 Å². The molecule has 17 heavy (non-hydrogen) atoms. The second kappa shape index (κ2) is 6.62. The summed E-state index contributed by atoms with van der Waals surface area (Å²) in [7, 11) is 5.31. The number of ether oxygens (including phenoxy) is 1. The molecule has 94 valence electrons. The highest BCUT2D eigenvalue weighted by Gasteiger charge is 2.20. The fourth-order valence-corrected chi connectivity index (χ4v) is 1.86. The Morgan fingerprint density at radius 3 is 2.41 bits per heavy atom. The number of hydrogen-bond acceptors (Lipinski definition) is 3. The fraction of sp³-hybridized carbons (Fsp3) is 0.462. The van der Waals surface area contributed by atoms with Crippen LogP contribution < -0.4 is 0 Å². The van der Waals surface area contributed by atoms with Gasteiger partial charge < -0.3 is 9.64 Å². The van der Waals surface area contributed by atoms with Crippen LogP contribution in [0.15, 0.2) is 24.3 Å². The molecule has 0 bridgehead atoms. The first-order valence-electron chi connectivity index (χ1n) is 5.50. The molecule has 1 rings (SSSR count). The Bertz CT molecular complexity index is 362. The largest absolute Gasteiger partial charge is 0.469 e. The molecular weight excluding hydrogens is 238 g/mol. The van der Waals surface area contributed by atoms with Crippen molar-refractivity contribution < 1.29 is 9.53 Å². The molecule has 0 aromatic heterocycles. The first-order chi connectivity index (χ1) is 8.02. The molecule has 0 saturated carbocycles. The van der Waals surface area contributed by atoms with Crippen molar-refractivity contribution in [3.8, 4) is 0 Å². The van der Waals surface area contributed by atoms with Crippen molar-refractivity contribution in [1.82, 2.24) is 4.90 Å². The van der Waals surface area contributed by atoms with Crippen LogP contribution in [0.5, 0.6) is 0 Å². The third-order valence-electron chi connectivity index (χ3n) is 2.52. The van der Waals surface area contributed by atoms with Gasteiger partial charge in [0.1, 0.15) is 0 Å². The number of benzene rings is 1. The van der Waals surface area contributed by atoms with Crippen LogP contribution >= 0.6 is 11.6 Å². The van der Waals surface area contributed by atoms with E-state index in [1.165, 1.54) is 7.11 Å². The molecule has 0 aliphatic heterocycles. The maximum Gasteiger partial charge on any atom is 0.310 e. The van der Waals surface area contributed by atoms with Crippen molar-refractivity contribution in [2.24, 2.45) is 5.92 Å². The first-order valence-corrected chi connectivity index (χ1v) is 5.87. The summed E-state index contributed by atoms with van der Waals surface area (Å²) in [4.78, 5) is 13.6. The number of carbonyl (C=O) groups is 1. The molecule has 0 aliphatic rings. The summed E-state index contributed by atoms with van der Waals surface area (Å²) in [5.74, 6) is -0.315. The van der Waals surface area contributed by atoms with Crippen LogP contribution in [-0.2, 0) is 16.0 Å². The molecule has 0 heterocycles. The Balaban J connectivity index is 2.71. The number of hydrogen-bond donors (Lipinski definition) is 0. The molecule has 1 aromatic carbocycles. The van der Waals surface area contributed by atoms with E-state index in [1.807, 2.05) is 43.3 Å².